The second-order valence-electron chi connectivity index (χ2n) is 7.57. The van der Waals surface area contributed by atoms with Crippen LogP contribution in [0.4, 0.5) is 13.2 Å². The molecule has 4 nitrogen and oxygen atoms in total. The molecule has 0 bridgehead atoms. The molecule has 1 aliphatic heterocycles. The van der Waals surface area contributed by atoms with Crippen LogP contribution >= 0.6 is 0 Å². The van der Waals surface area contributed by atoms with E-state index in [0.717, 1.165) is 23.5 Å². The van der Waals surface area contributed by atoms with Gasteiger partial charge < -0.3 is 9.32 Å². The fourth-order valence-corrected chi connectivity index (χ4v) is 3.79. The van der Waals surface area contributed by atoms with Crippen molar-refractivity contribution in [2.45, 2.75) is 32.4 Å². The summed E-state index contributed by atoms with van der Waals surface area (Å²) in [5, 5.41) is 0. The molecule has 1 fully saturated rings. The van der Waals surface area contributed by atoms with Gasteiger partial charge in [0.25, 0.3) is 0 Å². The van der Waals surface area contributed by atoms with Crippen molar-refractivity contribution in [3.8, 4) is 11.3 Å². The Kier molecular flexibility index (Phi) is 7.00. The minimum Gasteiger partial charge on any atom is -0.461 e. The van der Waals surface area contributed by atoms with E-state index in [1.807, 2.05) is 42.5 Å². The summed E-state index contributed by atoms with van der Waals surface area (Å²) >= 11 is 0. The molecule has 2 heterocycles. The number of halogens is 3. The SMILES string of the molecule is CCN(CC1CCN(C(=O)CCc2ccc(-c3ccccc3)o2)C1)CC(F)(F)F. The van der Waals surface area contributed by atoms with Crippen molar-refractivity contribution >= 4 is 5.91 Å². The molecule has 158 valence electrons. The van der Waals surface area contributed by atoms with Crippen molar-refractivity contribution in [1.29, 1.82) is 0 Å². The van der Waals surface area contributed by atoms with Gasteiger partial charge in [0.2, 0.25) is 5.91 Å². The van der Waals surface area contributed by atoms with E-state index in [1.54, 1.807) is 11.8 Å². The maximum atomic E-state index is 12.6. The molecule has 1 aromatic carbocycles. The standard InChI is InChI=1S/C22H27F3N2O2/c1-2-26(16-22(23,24)25)14-17-12-13-27(15-17)21(28)11-9-19-8-10-20(29-19)18-6-4-3-5-7-18/h3-8,10,17H,2,9,11-16H2,1H3. The quantitative estimate of drug-likeness (QED) is 0.640. The number of hydrogen-bond acceptors (Lipinski definition) is 3. The normalized spacial score (nSPS) is 17.3. The van der Waals surface area contributed by atoms with Crippen LogP contribution in [0, 0.1) is 5.92 Å². The smallest absolute Gasteiger partial charge is 0.401 e. The van der Waals surface area contributed by atoms with Crippen molar-refractivity contribution in [3.63, 3.8) is 0 Å². The van der Waals surface area contributed by atoms with Gasteiger partial charge in [0.1, 0.15) is 11.5 Å². The Morgan fingerprint density at radius 3 is 2.66 bits per heavy atom. The van der Waals surface area contributed by atoms with Crippen molar-refractivity contribution in [2.24, 2.45) is 5.92 Å². The number of aryl methyl sites for hydroxylation is 1. The molecule has 1 aliphatic rings. The number of hydrogen-bond donors (Lipinski definition) is 0. The van der Waals surface area contributed by atoms with E-state index in [9.17, 15) is 18.0 Å². The summed E-state index contributed by atoms with van der Waals surface area (Å²) < 4.78 is 43.7. The maximum Gasteiger partial charge on any atom is 0.401 e. The lowest BCUT2D eigenvalue weighted by molar-refractivity contribution is -0.146. The van der Waals surface area contributed by atoms with Gasteiger partial charge in [-0.25, -0.2) is 0 Å². The largest absolute Gasteiger partial charge is 0.461 e. The number of rotatable bonds is 8. The first-order valence-corrected chi connectivity index (χ1v) is 10.0. The number of likely N-dealkylation sites (tertiary alicyclic amines) is 1. The fraction of sp³-hybridized carbons (Fsp3) is 0.500. The van der Waals surface area contributed by atoms with E-state index in [0.29, 0.717) is 39.0 Å². The summed E-state index contributed by atoms with van der Waals surface area (Å²) in [4.78, 5) is 15.7. The second-order valence-corrected chi connectivity index (χ2v) is 7.57. The molecule has 0 saturated carbocycles. The Labute approximate surface area is 169 Å². The first-order valence-electron chi connectivity index (χ1n) is 10.0. The number of benzene rings is 1. The zero-order valence-electron chi connectivity index (χ0n) is 16.6. The highest BCUT2D eigenvalue weighted by Gasteiger charge is 2.33. The highest BCUT2D eigenvalue weighted by atomic mass is 19.4. The number of carbonyl (C=O) groups excluding carboxylic acids is 1. The van der Waals surface area contributed by atoms with Crippen LogP contribution in [0.15, 0.2) is 46.9 Å². The summed E-state index contributed by atoms with van der Waals surface area (Å²) in [5.74, 6) is 1.66. The average Bonchev–Trinajstić information content (AvgIpc) is 3.35. The topological polar surface area (TPSA) is 36.7 Å². The lowest BCUT2D eigenvalue weighted by Crippen LogP contribution is -2.38. The average molecular weight is 408 g/mol. The summed E-state index contributed by atoms with van der Waals surface area (Å²) in [6.07, 6.45) is -2.58. The van der Waals surface area contributed by atoms with Crippen molar-refractivity contribution < 1.29 is 22.4 Å². The molecule has 3 rings (SSSR count). The van der Waals surface area contributed by atoms with Crippen LogP contribution in [0.25, 0.3) is 11.3 Å². The van der Waals surface area contributed by atoms with E-state index in [4.69, 9.17) is 4.42 Å². The third-order valence-corrected chi connectivity index (χ3v) is 5.31. The summed E-state index contributed by atoms with van der Waals surface area (Å²) in [7, 11) is 0. The molecule has 0 N–H and O–H groups in total. The summed E-state index contributed by atoms with van der Waals surface area (Å²) in [6.45, 7) is 2.71. The van der Waals surface area contributed by atoms with E-state index in [2.05, 4.69) is 0 Å². The molecular formula is C22H27F3N2O2. The van der Waals surface area contributed by atoms with Crippen LogP contribution in [-0.2, 0) is 11.2 Å². The van der Waals surface area contributed by atoms with E-state index < -0.39 is 12.7 Å². The minimum absolute atomic E-state index is 0.0315. The van der Waals surface area contributed by atoms with Gasteiger partial charge in [-0.15, -0.1) is 0 Å². The monoisotopic (exact) mass is 408 g/mol. The van der Waals surface area contributed by atoms with Crippen LogP contribution in [0.2, 0.25) is 0 Å². The minimum atomic E-state index is -4.19. The molecule has 1 aromatic heterocycles. The molecule has 2 aromatic rings. The van der Waals surface area contributed by atoms with Crippen LogP contribution < -0.4 is 0 Å². The molecule has 1 saturated heterocycles. The van der Waals surface area contributed by atoms with Gasteiger partial charge in [-0.3, -0.25) is 9.69 Å². The van der Waals surface area contributed by atoms with Crippen LogP contribution in [0.5, 0.6) is 0 Å². The summed E-state index contributed by atoms with van der Waals surface area (Å²) in [5.41, 5.74) is 0.992. The molecule has 29 heavy (non-hydrogen) atoms. The van der Waals surface area contributed by atoms with Gasteiger partial charge in [0, 0.05) is 38.0 Å². The third kappa shape index (κ3) is 6.35. The van der Waals surface area contributed by atoms with Gasteiger partial charge in [-0.1, -0.05) is 37.3 Å². The highest BCUT2D eigenvalue weighted by molar-refractivity contribution is 5.76. The maximum absolute atomic E-state index is 12.6. The lowest BCUT2D eigenvalue weighted by atomic mass is 10.1. The highest BCUT2D eigenvalue weighted by Crippen LogP contribution is 2.24. The van der Waals surface area contributed by atoms with E-state index >= 15 is 0 Å². The van der Waals surface area contributed by atoms with Gasteiger partial charge in [0.15, 0.2) is 0 Å². The first kappa shape index (κ1) is 21.4. The van der Waals surface area contributed by atoms with Crippen molar-refractivity contribution in [3.05, 3.63) is 48.2 Å². The molecule has 1 unspecified atom stereocenters. The second kappa shape index (κ2) is 9.48. The third-order valence-electron chi connectivity index (χ3n) is 5.31. The molecule has 0 aliphatic carbocycles. The Balaban J connectivity index is 1.45. The fourth-order valence-electron chi connectivity index (χ4n) is 3.79. The predicted octanol–water partition coefficient (Wildman–Crippen LogP) is 4.61. The Bertz CT molecular complexity index is 789. The molecule has 7 heteroatoms. The lowest BCUT2D eigenvalue weighted by Gasteiger charge is -2.25. The number of nitrogens with zero attached hydrogens (tertiary/aromatic N) is 2. The van der Waals surface area contributed by atoms with Gasteiger partial charge >= 0.3 is 6.18 Å². The first-order chi connectivity index (χ1) is 13.8. The summed E-state index contributed by atoms with van der Waals surface area (Å²) in [6, 6.07) is 13.6. The Morgan fingerprint density at radius 2 is 1.97 bits per heavy atom. The predicted molar refractivity (Wildman–Crippen MR) is 105 cm³/mol. The van der Waals surface area contributed by atoms with Crippen LogP contribution in [0.1, 0.15) is 25.5 Å². The zero-order chi connectivity index (χ0) is 20.9. The van der Waals surface area contributed by atoms with Crippen LogP contribution in [-0.4, -0.2) is 54.6 Å². The molecule has 1 amide bonds. The van der Waals surface area contributed by atoms with Crippen molar-refractivity contribution in [2.75, 3.05) is 32.7 Å². The van der Waals surface area contributed by atoms with E-state index in [1.165, 1.54) is 4.90 Å². The Hall–Kier alpha value is -2.28. The Morgan fingerprint density at radius 1 is 1.21 bits per heavy atom. The van der Waals surface area contributed by atoms with Gasteiger partial charge in [0.05, 0.1) is 6.54 Å². The van der Waals surface area contributed by atoms with Crippen LogP contribution in [0.3, 0.4) is 0 Å². The number of carbonyl (C=O) groups is 1. The molecule has 0 radical (unpaired) electrons. The van der Waals surface area contributed by atoms with Gasteiger partial charge in [-0.2, -0.15) is 13.2 Å². The molecular weight excluding hydrogens is 381 g/mol. The number of furan rings is 1. The van der Waals surface area contributed by atoms with Crippen molar-refractivity contribution in [1.82, 2.24) is 9.80 Å². The number of alkyl halides is 3. The van der Waals surface area contributed by atoms with E-state index in [-0.39, 0.29) is 11.8 Å². The molecule has 0 spiro atoms. The van der Waals surface area contributed by atoms with Gasteiger partial charge in [-0.05, 0) is 31.0 Å². The zero-order valence-corrected chi connectivity index (χ0v) is 16.6. The molecule has 1 atom stereocenters. The number of amides is 1.